The van der Waals surface area contributed by atoms with Gasteiger partial charge in [0.15, 0.2) is 11.5 Å². The Labute approximate surface area is 210 Å². The fourth-order valence-electron chi connectivity index (χ4n) is 4.63. The number of ether oxygens (including phenoxy) is 1. The maximum absolute atomic E-state index is 13.3. The summed E-state index contributed by atoms with van der Waals surface area (Å²) in [6.45, 7) is 3.27. The average Bonchev–Trinajstić information content (AvgIpc) is 3.29. The van der Waals surface area contributed by atoms with Crippen LogP contribution in [0.5, 0.6) is 0 Å². The van der Waals surface area contributed by atoms with E-state index in [2.05, 4.69) is 14.9 Å². The van der Waals surface area contributed by atoms with Gasteiger partial charge in [-0.1, -0.05) is 11.6 Å². The van der Waals surface area contributed by atoms with Crippen molar-refractivity contribution >= 4 is 34.9 Å². The van der Waals surface area contributed by atoms with Crippen molar-refractivity contribution in [3.8, 4) is 11.3 Å². The fourth-order valence-corrected chi connectivity index (χ4v) is 4.97. The number of nitrogens with zero attached hydrogens (tertiary/aromatic N) is 7. The van der Waals surface area contributed by atoms with Crippen LogP contribution in [0.4, 0.5) is 16.2 Å². The van der Waals surface area contributed by atoms with Crippen molar-refractivity contribution < 1.29 is 13.9 Å². The van der Waals surface area contributed by atoms with Crippen LogP contribution in [0, 0.1) is 5.82 Å². The molecule has 36 heavy (non-hydrogen) atoms. The molecule has 0 saturated carbocycles. The molecule has 5 heterocycles. The van der Waals surface area contributed by atoms with Gasteiger partial charge in [-0.3, -0.25) is 9.20 Å². The van der Waals surface area contributed by atoms with Gasteiger partial charge in [0.25, 0.3) is 5.91 Å². The van der Waals surface area contributed by atoms with Crippen molar-refractivity contribution in [3.05, 3.63) is 64.6 Å². The Hall–Kier alpha value is -3.83. The molecule has 184 valence electrons. The molecule has 0 radical (unpaired) electrons. The molecule has 1 amide bonds. The van der Waals surface area contributed by atoms with Crippen molar-refractivity contribution in [2.75, 3.05) is 43.5 Å². The van der Waals surface area contributed by atoms with E-state index in [1.54, 1.807) is 17.3 Å². The first kappa shape index (κ1) is 22.6. The van der Waals surface area contributed by atoms with E-state index in [1.807, 2.05) is 4.40 Å². The van der Waals surface area contributed by atoms with Crippen LogP contribution < -0.4 is 10.6 Å². The Morgan fingerprint density at radius 1 is 1.06 bits per heavy atom. The van der Waals surface area contributed by atoms with E-state index >= 15 is 0 Å². The minimum atomic E-state index is -0.382. The van der Waals surface area contributed by atoms with Gasteiger partial charge < -0.3 is 20.3 Å². The SMILES string of the molecule is Nc1ncc(-c2nc(N3CCOCC3)c3nc4c(n3c2Cl)CCN(C(=O)c2ccc(F)cc2)C4)cn1. The number of carbonyl (C=O) groups is 1. The molecule has 1 aromatic carbocycles. The van der Waals surface area contributed by atoms with Gasteiger partial charge in [0, 0.05) is 49.6 Å². The number of imidazole rings is 1. The van der Waals surface area contributed by atoms with Gasteiger partial charge in [0.1, 0.15) is 16.7 Å². The maximum Gasteiger partial charge on any atom is 0.254 e. The number of nitrogens with two attached hydrogens (primary N) is 1. The van der Waals surface area contributed by atoms with Crippen LogP contribution in [0.15, 0.2) is 36.7 Å². The van der Waals surface area contributed by atoms with Crippen LogP contribution in [0.3, 0.4) is 0 Å². The zero-order valence-electron chi connectivity index (χ0n) is 19.2. The Kier molecular flexibility index (Phi) is 5.65. The van der Waals surface area contributed by atoms with Crippen molar-refractivity contribution in [2.24, 2.45) is 0 Å². The average molecular weight is 509 g/mol. The summed E-state index contributed by atoms with van der Waals surface area (Å²) in [6.07, 6.45) is 3.74. The molecule has 1 saturated heterocycles. The van der Waals surface area contributed by atoms with E-state index in [1.165, 1.54) is 24.3 Å². The first-order valence-corrected chi connectivity index (χ1v) is 11.9. The lowest BCUT2D eigenvalue weighted by molar-refractivity contribution is 0.0731. The van der Waals surface area contributed by atoms with Crippen LogP contribution in [0.2, 0.25) is 5.15 Å². The molecule has 3 aromatic heterocycles. The first-order valence-electron chi connectivity index (χ1n) is 11.5. The highest BCUT2D eigenvalue weighted by Gasteiger charge is 2.30. The maximum atomic E-state index is 13.3. The number of benzene rings is 1. The minimum Gasteiger partial charge on any atom is -0.378 e. The number of anilines is 2. The molecule has 4 aromatic rings. The lowest BCUT2D eigenvalue weighted by Crippen LogP contribution is -2.37. The summed E-state index contributed by atoms with van der Waals surface area (Å²) >= 11 is 6.93. The number of morpholine rings is 1. The van der Waals surface area contributed by atoms with Crippen molar-refractivity contribution in [1.82, 2.24) is 29.2 Å². The highest BCUT2D eigenvalue weighted by atomic mass is 35.5. The van der Waals surface area contributed by atoms with Crippen LogP contribution in [0.25, 0.3) is 16.9 Å². The molecular weight excluding hydrogens is 487 g/mol. The normalized spacial score (nSPS) is 15.8. The highest BCUT2D eigenvalue weighted by Crippen LogP contribution is 2.35. The number of fused-ring (bicyclic) bond motifs is 3. The largest absolute Gasteiger partial charge is 0.378 e. The standard InChI is InChI=1S/C24H22ClFN8O2/c25-20-19(15-11-28-24(27)29-12-15)31-21(32-7-9-36-10-8-32)22-30-17-13-33(6-5-18(17)34(20)22)23(35)14-1-3-16(26)4-2-14/h1-4,11-12H,5-10,13H2,(H2,27,28,29). The summed E-state index contributed by atoms with van der Waals surface area (Å²) in [7, 11) is 0. The Bertz CT molecular complexity index is 1450. The van der Waals surface area contributed by atoms with E-state index in [-0.39, 0.29) is 17.7 Å². The molecule has 6 rings (SSSR count). The van der Waals surface area contributed by atoms with E-state index in [4.69, 9.17) is 32.0 Å². The summed E-state index contributed by atoms with van der Waals surface area (Å²) in [5, 5.41) is 0.391. The zero-order chi connectivity index (χ0) is 24.8. The quantitative estimate of drug-likeness (QED) is 0.449. The Balaban J connectivity index is 1.45. The molecule has 0 aliphatic carbocycles. The summed E-state index contributed by atoms with van der Waals surface area (Å²) in [6, 6.07) is 5.57. The Morgan fingerprint density at radius 3 is 2.50 bits per heavy atom. The zero-order valence-corrected chi connectivity index (χ0v) is 20.0. The summed E-state index contributed by atoms with van der Waals surface area (Å²) in [5.41, 5.74) is 9.57. The van der Waals surface area contributed by atoms with Crippen LogP contribution in [0.1, 0.15) is 21.7 Å². The van der Waals surface area contributed by atoms with Gasteiger partial charge in [-0.05, 0) is 24.3 Å². The van der Waals surface area contributed by atoms with Gasteiger partial charge >= 0.3 is 0 Å². The fraction of sp³-hybridized carbons (Fsp3) is 0.292. The molecule has 12 heteroatoms. The number of nitrogen functional groups attached to an aromatic ring is 1. The second-order valence-corrected chi connectivity index (χ2v) is 9.01. The van der Waals surface area contributed by atoms with Crippen LogP contribution in [-0.2, 0) is 17.7 Å². The number of hydrogen-bond donors (Lipinski definition) is 1. The number of carbonyl (C=O) groups excluding carboxylic acids is 1. The molecule has 2 aliphatic heterocycles. The van der Waals surface area contributed by atoms with E-state index in [9.17, 15) is 9.18 Å². The van der Waals surface area contributed by atoms with Gasteiger partial charge in [-0.25, -0.2) is 24.3 Å². The van der Waals surface area contributed by atoms with E-state index in [0.29, 0.717) is 79.3 Å². The highest BCUT2D eigenvalue weighted by molar-refractivity contribution is 6.32. The second kappa shape index (κ2) is 8.99. The van der Waals surface area contributed by atoms with E-state index in [0.717, 1.165) is 11.4 Å². The predicted molar refractivity (Wildman–Crippen MR) is 131 cm³/mol. The molecule has 10 nitrogen and oxygen atoms in total. The Morgan fingerprint density at radius 2 is 1.78 bits per heavy atom. The van der Waals surface area contributed by atoms with Crippen molar-refractivity contribution in [1.29, 1.82) is 0 Å². The lowest BCUT2D eigenvalue weighted by Gasteiger charge is -2.29. The third-order valence-electron chi connectivity index (χ3n) is 6.46. The van der Waals surface area contributed by atoms with Gasteiger partial charge in [-0.15, -0.1) is 0 Å². The molecule has 2 N–H and O–H groups in total. The van der Waals surface area contributed by atoms with Crippen molar-refractivity contribution in [3.63, 3.8) is 0 Å². The molecular formula is C24H22ClFN8O2. The lowest BCUT2D eigenvalue weighted by atomic mass is 10.1. The number of amides is 1. The van der Waals surface area contributed by atoms with Crippen LogP contribution in [-0.4, -0.2) is 68.0 Å². The van der Waals surface area contributed by atoms with Crippen molar-refractivity contribution in [2.45, 2.75) is 13.0 Å². The minimum absolute atomic E-state index is 0.162. The molecule has 0 spiro atoms. The predicted octanol–water partition coefficient (Wildman–Crippen LogP) is 2.60. The molecule has 0 bridgehead atoms. The summed E-state index contributed by atoms with van der Waals surface area (Å²) in [4.78, 5) is 34.9. The van der Waals surface area contributed by atoms with Gasteiger partial charge in [0.2, 0.25) is 5.95 Å². The number of aromatic nitrogens is 5. The topological polar surface area (TPSA) is 115 Å². The molecule has 0 atom stereocenters. The smallest absolute Gasteiger partial charge is 0.254 e. The molecule has 0 unspecified atom stereocenters. The summed E-state index contributed by atoms with van der Waals surface area (Å²) in [5.74, 6) is 0.290. The van der Waals surface area contributed by atoms with Gasteiger partial charge in [-0.2, -0.15) is 0 Å². The van der Waals surface area contributed by atoms with E-state index < -0.39 is 0 Å². The first-order chi connectivity index (χ1) is 17.5. The number of hydrogen-bond acceptors (Lipinski definition) is 8. The second-order valence-electron chi connectivity index (χ2n) is 8.65. The van der Waals surface area contributed by atoms with Gasteiger partial charge in [0.05, 0.1) is 31.1 Å². The molecule has 1 fully saturated rings. The molecule has 2 aliphatic rings. The third kappa shape index (κ3) is 3.90. The third-order valence-corrected chi connectivity index (χ3v) is 6.81. The number of halogens is 2. The van der Waals surface area contributed by atoms with Crippen LogP contribution >= 0.6 is 11.6 Å². The summed E-state index contributed by atoms with van der Waals surface area (Å²) < 4.78 is 20.8. The number of rotatable bonds is 3. The monoisotopic (exact) mass is 508 g/mol.